The highest BCUT2D eigenvalue weighted by molar-refractivity contribution is 5.79. The van der Waals surface area contributed by atoms with Gasteiger partial charge >= 0.3 is 0 Å². The zero-order valence-electron chi connectivity index (χ0n) is 13.9. The highest BCUT2D eigenvalue weighted by atomic mass is 16.1. The normalized spacial score (nSPS) is 23.9. The number of aryl methyl sites for hydroxylation is 2. The van der Waals surface area contributed by atoms with E-state index in [0.717, 1.165) is 37.2 Å². The van der Waals surface area contributed by atoms with Crippen molar-refractivity contribution in [1.82, 2.24) is 20.4 Å². The molecule has 1 aromatic heterocycles. The van der Waals surface area contributed by atoms with Gasteiger partial charge in [0, 0.05) is 30.7 Å². The van der Waals surface area contributed by atoms with Crippen molar-refractivity contribution in [3.63, 3.8) is 0 Å². The van der Waals surface area contributed by atoms with E-state index in [2.05, 4.69) is 29.6 Å². The maximum absolute atomic E-state index is 12.4. The number of aromatic nitrogens is 2. The summed E-state index contributed by atoms with van der Waals surface area (Å²) in [6, 6.07) is 0.800. The van der Waals surface area contributed by atoms with Crippen molar-refractivity contribution in [3.8, 4) is 0 Å². The Morgan fingerprint density at radius 1 is 1.52 bits per heavy atom. The summed E-state index contributed by atoms with van der Waals surface area (Å²) < 4.78 is 1.89. The first-order valence-electron chi connectivity index (χ1n) is 7.91. The highest BCUT2D eigenvalue weighted by Crippen LogP contribution is 2.17. The lowest BCUT2D eigenvalue weighted by Crippen LogP contribution is -2.48. The van der Waals surface area contributed by atoms with Crippen molar-refractivity contribution in [1.29, 1.82) is 0 Å². The minimum absolute atomic E-state index is 0.0169. The summed E-state index contributed by atoms with van der Waals surface area (Å²) in [6.45, 7) is 9.24. The van der Waals surface area contributed by atoms with Crippen LogP contribution in [-0.4, -0.2) is 34.3 Å². The molecular formula is C16H28N4O. The molecule has 0 bridgehead atoms. The second-order valence-corrected chi connectivity index (χ2v) is 6.46. The fourth-order valence-corrected chi connectivity index (χ4v) is 3.12. The van der Waals surface area contributed by atoms with Gasteiger partial charge in [0.2, 0.25) is 5.91 Å². The van der Waals surface area contributed by atoms with E-state index in [0.29, 0.717) is 12.1 Å². The summed E-state index contributed by atoms with van der Waals surface area (Å²) in [4.78, 5) is 12.4. The molecule has 0 aliphatic carbocycles. The molecule has 21 heavy (non-hydrogen) atoms. The average molecular weight is 292 g/mol. The molecule has 1 fully saturated rings. The van der Waals surface area contributed by atoms with Crippen LogP contribution in [0.5, 0.6) is 0 Å². The minimum Gasteiger partial charge on any atom is -0.353 e. The van der Waals surface area contributed by atoms with Crippen LogP contribution in [-0.2, 0) is 18.3 Å². The van der Waals surface area contributed by atoms with E-state index in [1.807, 2.05) is 25.6 Å². The number of carbonyl (C=O) groups is 1. The van der Waals surface area contributed by atoms with Crippen LogP contribution >= 0.6 is 0 Å². The van der Waals surface area contributed by atoms with Gasteiger partial charge in [-0.3, -0.25) is 9.48 Å². The van der Waals surface area contributed by atoms with Crippen LogP contribution in [0.25, 0.3) is 0 Å². The lowest BCUT2D eigenvalue weighted by Gasteiger charge is -2.29. The van der Waals surface area contributed by atoms with Gasteiger partial charge in [0.25, 0.3) is 0 Å². The smallest absolute Gasteiger partial charge is 0.223 e. The quantitative estimate of drug-likeness (QED) is 0.883. The van der Waals surface area contributed by atoms with Gasteiger partial charge < -0.3 is 10.6 Å². The number of carbonyl (C=O) groups excluding carboxylic acids is 1. The zero-order valence-corrected chi connectivity index (χ0v) is 13.9. The summed E-state index contributed by atoms with van der Waals surface area (Å²) in [5.41, 5.74) is 3.40. The Balaban J connectivity index is 1.93. The predicted octanol–water partition coefficient (Wildman–Crippen LogP) is 1.47. The number of hydrogen-bond acceptors (Lipinski definition) is 3. The minimum atomic E-state index is -0.0169. The Morgan fingerprint density at radius 3 is 2.81 bits per heavy atom. The topological polar surface area (TPSA) is 59.0 Å². The molecule has 2 heterocycles. The number of amides is 1. The number of nitrogens with one attached hydrogen (secondary N) is 2. The highest BCUT2D eigenvalue weighted by Gasteiger charge is 2.23. The number of nitrogens with zero attached hydrogens (tertiary/aromatic N) is 2. The van der Waals surface area contributed by atoms with Crippen molar-refractivity contribution in [2.45, 2.75) is 59.0 Å². The molecule has 1 amide bonds. The number of rotatable bonds is 4. The van der Waals surface area contributed by atoms with Crippen LogP contribution in [0.1, 0.15) is 43.6 Å². The standard InChI is InChI=1S/C16H28N4O/c1-10(8-15-12(3)19-20(5)13(15)4)16(21)18-14-6-7-17-11(2)9-14/h10-11,14,17H,6-9H2,1-5H3,(H,18,21). The van der Waals surface area contributed by atoms with Crippen LogP contribution in [0.4, 0.5) is 0 Å². The molecule has 0 radical (unpaired) electrons. The Kier molecular flexibility index (Phi) is 5.04. The molecule has 0 aromatic carbocycles. The fourth-order valence-electron chi connectivity index (χ4n) is 3.12. The molecule has 5 heteroatoms. The lowest BCUT2D eigenvalue weighted by atomic mass is 9.96. The van der Waals surface area contributed by atoms with Crippen molar-refractivity contribution in [3.05, 3.63) is 17.0 Å². The molecule has 3 unspecified atom stereocenters. The molecule has 5 nitrogen and oxygen atoms in total. The molecule has 1 aliphatic heterocycles. The second kappa shape index (κ2) is 6.60. The maximum atomic E-state index is 12.4. The van der Waals surface area contributed by atoms with Gasteiger partial charge in [-0.15, -0.1) is 0 Å². The average Bonchev–Trinajstić information content (AvgIpc) is 2.65. The molecule has 2 N–H and O–H groups in total. The van der Waals surface area contributed by atoms with Gasteiger partial charge in [0.15, 0.2) is 0 Å². The lowest BCUT2D eigenvalue weighted by molar-refractivity contribution is -0.125. The van der Waals surface area contributed by atoms with E-state index in [1.165, 1.54) is 5.56 Å². The first-order chi connectivity index (χ1) is 9.88. The van der Waals surface area contributed by atoms with Crippen molar-refractivity contribution < 1.29 is 4.79 Å². The molecular weight excluding hydrogens is 264 g/mol. The summed E-state index contributed by atoms with van der Waals surface area (Å²) >= 11 is 0. The molecule has 1 aliphatic rings. The largest absolute Gasteiger partial charge is 0.353 e. The van der Waals surface area contributed by atoms with E-state index in [4.69, 9.17) is 0 Å². The fraction of sp³-hybridized carbons (Fsp3) is 0.750. The van der Waals surface area contributed by atoms with E-state index in [-0.39, 0.29) is 11.8 Å². The van der Waals surface area contributed by atoms with Crippen molar-refractivity contribution in [2.24, 2.45) is 13.0 Å². The van der Waals surface area contributed by atoms with Crippen LogP contribution in [0.3, 0.4) is 0 Å². The first kappa shape index (κ1) is 16.0. The summed E-state index contributed by atoms with van der Waals surface area (Å²) in [5, 5.41) is 11.0. The summed E-state index contributed by atoms with van der Waals surface area (Å²) in [6.07, 6.45) is 2.80. The monoisotopic (exact) mass is 292 g/mol. The second-order valence-electron chi connectivity index (χ2n) is 6.46. The molecule has 3 atom stereocenters. The maximum Gasteiger partial charge on any atom is 0.223 e. The van der Waals surface area contributed by atoms with E-state index >= 15 is 0 Å². The van der Waals surface area contributed by atoms with Crippen molar-refractivity contribution >= 4 is 5.91 Å². The van der Waals surface area contributed by atoms with Gasteiger partial charge in [0.1, 0.15) is 0 Å². The van der Waals surface area contributed by atoms with Crippen molar-refractivity contribution in [2.75, 3.05) is 6.54 Å². The summed E-state index contributed by atoms with van der Waals surface area (Å²) in [5.74, 6) is 0.147. The Labute approximate surface area is 127 Å². The molecule has 2 rings (SSSR count). The van der Waals surface area contributed by atoms with Gasteiger partial charge in [-0.25, -0.2) is 0 Å². The Morgan fingerprint density at radius 2 is 2.24 bits per heavy atom. The molecule has 118 valence electrons. The Bertz CT molecular complexity index is 509. The van der Waals surface area contributed by atoms with E-state index in [9.17, 15) is 4.79 Å². The van der Waals surface area contributed by atoms with E-state index in [1.54, 1.807) is 0 Å². The van der Waals surface area contributed by atoms with Crippen LogP contribution in [0.2, 0.25) is 0 Å². The SMILES string of the molecule is Cc1nn(C)c(C)c1CC(C)C(=O)NC1CCNC(C)C1. The van der Waals surface area contributed by atoms with Crippen LogP contribution < -0.4 is 10.6 Å². The predicted molar refractivity (Wildman–Crippen MR) is 84.2 cm³/mol. The third-order valence-electron chi connectivity index (χ3n) is 4.59. The van der Waals surface area contributed by atoms with Gasteiger partial charge in [-0.1, -0.05) is 6.92 Å². The van der Waals surface area contributed by atoms with E-state index < -0.39 is 0 Å². The van der Waals surface area contributed by atoms with Crippen LogP contribution in [0, 0.1) is 19.8 Å². The molecule has 1 saturated heterocycles. The van der Waals surface area contributed by atoms with Gasteiger partial charge in [0.05, 0.1) is 5.69 Å². The van der Waals surface area contributed by atoms with Gasteiger partial charge in [-0.2, -0.15) is 5.10 Å². The first-order valence-corrected chi connectivity index (χ1v) is 7.91. The molecule has 0 spiro atoms. The van der Waals surface area contributed by atoms with Gasteiger partial charge in [-0.05, 0) is 52.1 Å². The van der Waals surface area contributed by atoms with Crippen LogP contribution in [0.15, 0.2) is 0 Å². The molecule has 0 saturated carbocycles. The molecule has 1 aromatic rings. The number of hydrogen-bond donors (Lipinski definition) is 2. The third kappa shape index (κ3) is 3.84. The number of piperidine rings is 1. The summed E-state index contributed by atoms with van der Waals surface area (Å²) in [7, 11) is 1.95. The Hall–Kier alpha value is -1.36. The third-order valence-corrected chi connectivity index (χ3v) is 4.59. The zero-order chi connectivity index (χ0) is 15.6.